The number of ether oxygens (including phenoxy) is 1. The second kappa shape index (κ2) is 5.12. The van der Waals surface area contributed by atoms with E-state index in [4.69, 9.17) is 9.84 Å². The highest BCUT2D eigenvalue weighted by Gasteiger charge is 2.10. The average Bonchev–Trinajstić information content (AvgIpc) is 2.16. The van der Waals surface area contributed by atoms with Gasteiger partial charge < -0.3 is 9.84 Å². The van der Waals surface area contributed by atoms with E-state index in [2.05, 4.69) is 15.9 Å². The van der Waals surface area contributed by atoms with E-state index in [9.17, 15) is 4.79 Å². The Labute approximate surface area is 90.8 Å². The Morgan fingerprint density at radius 3 is 2.86 bits per heavy atom. The van der Waals surface area contributed by atoms with Crippen LogP contribution in [0.5, 0.6) is 0 Å². The lowest BCUT2D eigenvalue weighted by molar-refractivity contribution is 0.0695. The maximum Gasteiger partial charge on any atom is 0.336 e. The van der Waals surface area contributed by atoms with Crippen LogP contribution in [0.1, 0.15) is 22.8 Å². The first-order valence-corrected chi connectivity index (χ1v) is 5.04. The standard InChI is InChI=1S/C10H11BrO3/c1-2-14-6-7-4-3-5-8(9(7)11)10(12)13/h3-5H,2,6H2,1H3,(H,12,13). The lowest BCUT2D eigenvalue weighted by Gasteiger charge is -2.06. The Bertz CT molecular complexity index is 336. The maximum atomic E-state index is 10.8. The summed E-state index contributed by atoms with van der Waals surface area (Å²) < 4.78 is 5.81. The molecule has 4 heteroatoms. The van der Waals surface area contributed by atoms with Gasteiger partial charge in [0.05, 0.1) is 12.2 Å². The molecule has 0 amide bonds. The van der Waals surface area contributed by atoms with Gasteiger partial charge in [-0.1, -0.05) is 12.1 Å². The van der Waals surface area contributed by atoms with Crippen LogP contribution in [0, 0.1) is 0 Å². The van der Waals surface area contributed by atoms with E-state index in [1.807, 2.05) is 13.0 Å². The van der Waals surface area contributed by atoms with Gasteiger partial charge in [-0.15, -0.1) is 0 Å². The summed E-state index contributed by atoms with van der Waals surface area (Å²) in [4.78, 5) is 10.8. The molecular formula is C10H11BrO3. The molecule has 0 unspecified atom stereocenters. The van der Waals surface area contributed by atoms with E-state index < -0.39 is 5.97 Å². The van der Waals surface area contributed by atoms with E-state index in [0.29, 0.717) is 17.7 Å². The van der Waals surface area contributed by atoms with Crippen molar-refractivity contribution in [2.45, 2.75) is 13.5 Å². The number of benzene rings is 1. The van der Waals surface area contributed by atoms with Gasteiger partial charge in [0, 0.05) is 11.1 Å². The summed E-state index contributed by atoms with van der Waals surface area (Å²) in [6.45, 7) is 2.94. The largest absolute Gasteiger partial charge is 0.478 e. The zero-order valence-electron chi connectivity index (χ0n) is 7.79. The molecule has 1 aromatic rings. The van der Waals surface area contributed by atoms with Crippen LogP contribution < -0.4 is 0 Å². The van der Waals surface area contributed by atoms with Crippen LogP contribution in [0.2, 0.25) is 0 Å². The van der Waals surface area contributed by atoms with Gasteiger partial charge in [-0.3, -0.25) is 0 Å². The maximum absolute atomic E-state index is 10.8. The van der Waals surface area contributed by atoms with Crippen molar-refractivity contribution in [3.8, 4) is 0 Å². The molecule has 0 aliphatic heterocycles. The minimum Gasteiger partial charge on any atom is -0.478 e. The van der Waals surface area contributed by atoms with Crippen LogP contribution >= 0.6 is 15.9 Å². The van der Waals surface area contributed by atoms with Crippen LogP contribution in [-0.2, 0) is 11.3 Å². The van der Waals surface area contributed by atoms with Crippen LogP contribution in [0.25, 0.3) is 0 Å². The lowest BCUT2D eigenvalue weighted by Crippen LogP contribution is -2.01. The van der Waals surface area contributed by atoms with Crippen molar-refractivity contribution >= 4 is 21.9 Å². The second-order valence-corrected chi connectivity index (χ2v) is 3.51. The molecule has 0 aliphatic carbocycles. The van der Waals surface area contributed by atoms with Gasteiger partial charge in [0.2, 0.25) is 0 Å². The third-order valence-corrected chi connectivity index (χ3v) is 2.71. The van der Waals surface area contributed by atoms with E-state index in [-0.39, 0.29) is 5.56 Å². The summed E-state index contributed by atoms with van der Waals surface area (Å²) in [5, 5.41) is 8.84. The van der Waals surface area contributed by atoms with Crippen LogP contribution in [0.3, 0.4) is 0 Å². The summed E-state index contributed by atoms with van der Waals surface area (Å²) in [5.74, 6) is -0.935. The van der Waals surface area contributed by atoms with Gasteiger partial charge in [-0.25, -0.2) is 4.79 Å². The van der Waals surface area contributed by atoms with Crippen molar-refractivity contribution in [3.63, 3.8) is 0 Å². The number of carboxylic acids is 1. The van der Waals surface area contributed by atoms with Gasteiger partial charge in [0.25, 0.3) is 0 Å². The Balaban J connectivity index is 2.95. The topological polar surface area (TPSA) is 46.5 Å². The molecule has 0 radical (unpaired) electrons. The van der Waals surface area contributed by atoms with E-state index in [0.717, 1.165) is 5.56 Å². The third kappa shape index (κ3) is 2.56. The molecule has 0 fully saturated rings. The number of halogens is 1. The summed E-state index contributed by atoms with van der Waals surface area (Å²) in [7, 11) is 0. The minimum absolute atomic E-state index is 0.266. The molecule has 0 aliphatic rings. The molecule has 76 valence electrons. The Kier molecular flexibility index (Phi) is 4.10. The first kappa shape index (κ1) is 11.2. The summed E-state index contributed by atoms with van der Waals surface area (Å²) in [6.07, 6.45) is 0. The van der Waals surface area contributed by atoms with E-state index in [1.165, 1.54) is 0 Å². The van der Waals surface area contributed by atoms with Crippen molar-refractivity contribution < 1.29 is 14.6 Å². The number of carbonyl (C=O) groups is 1. The highest BCUT2D eigenvalue weighted by Crippen LogP contribution is 2.22. The van der Waals surface area contributed by atoms with Crippen LogP contribution in [-0.4, -0.2) is 17.7 Å². The van der Waals surface area contributed by atoms with Crippen molar-refractivity contribution in [3.05, 3.63) is 33.8 Å². The molecule has 0 saturated carbocycles. The predicted molar refractivity (Wildman–Crippen MR) is 56.4 cm³/mol. The molecule has 0 spiro atoms. The van der Waals surface area contributed by atoms with Gasteiger partial charge in [0.1, 0.15) is 0 Å². The SMILES string of the molecule is CCOCc1cccc(C(=O)O)c1Br. The Hall–Kier alpha value is -0.870. The summed E-state index contributed by atoms with van der Waals surface area (Å²) in [5.41, 5.74) is 1.12. The predicted octanol–water partition coefficient (Wildman–Crippen LogP) is 2.68. The smallest absolute Gasteiger partial charge is 0.336 e. The first-order valence-electron chi connectivity index (χ1n) is 4.25. The number of hydrogen-bond donors (Lipinski definition) is 1. The van der Waals surface area contributed by atoms with E-state index in [1.54, 1.807) is 12.1 Å². The molecule has 0 atom stereocenters. The fraction of sp³-hybridized carbons (Fsp3) is 0.300. The molecule has 3 nitrogen and oxygen atoms in total. The van der Waals surface area contributed by atoms with Crippen molar-refractivity contribution in [1.82, 2.24) is 0 Å². The van der Waals surface area contributed by atoms with Crippen molar-refractivity contribution in [2.75, 3.05) is 6.61 Å². The normalized spacial score (nSPS) is 10.1. The van der Waals surface area contributed by atoms with Gasteiger partial charge in [-0.05, 0) is 34.5 Å². The zero-order chi connectivity index (χ0) is 10.6. The van der Waals surface area contributed by atoms with Crippen LogP contribution in [0.15, 0.2) is 22.7 Å². The molecule has 1 N–H and O–H groups in total. The minimum atomic E-state index is -0.935. The number of carboxylic acid groups (broad SMARTS) is 1. The highest BCUT2D eigenvalue weighted by molar-refractivity contribution is 9.10. The number of rotatable bonds is 4. The molecular weight excluding hydrogens is 248 g/mol. The summed E-state index contributed by atoms with van der Waals surface area (Å²) in [6, 6.07) is 5.11. The molecule has 0 bridgehead atoms. The quantitative estimate of drug-likeness (QED) is 0.904. The lowest BCUT2D eigenvalue weighted by atomic mass is 10.1. The molecule has 0 heterocycles. The number of hydrogen-bond acceptors (Lipinski definition) is 2. The molecule has 0 aromatic heterocycles. The van der Waals surface area contributed by atoms with Gasteiger partial charge in [-0.2, -0.15) is 0 Å². The first-order chi connectivity index (χ1) is 6.66. The number of aromatic carboxylic acids is 1. The second-order valence-electron chi connectivity index (χ2n) is 2.72. The van der Waals surface area contributed by atoms with Crippen molar-refractivity contribution in [1.29, 1.82) is 0 Å². The highest BCUT2D eigenvalue weighted by atomic mass is 79.9. The zero-order valence-corrected chi connectivity index (χ0v) is 9.37. The van der Waals surface area contributed by atoms with Crippen molar-refractivity contribution in [2.24, 2.45) is 0 Å². The summed E-state index contributed by atoms with van der Waals surface area (Å²) >= 11 is 3.25. The average molecular weight is 259 g/mol. The Morgan fingerprint density at radius 2 is 2.29 bits per heavy atom. The molecule has 14 heavy (non-hydrogen) atoms. The Morgan fingerprint density at radius 1 is 1.57 bits per heavy atom. The van der Waals surface area contributed by atoms with Crippen LogP contribution in [0.4, 0.5) is 0 Å². The fourth-order valence-corrected chi connectivity index (χ4v) is 1.62. The van der Waals surface area contributed by atoms with Gasteiger partial charge in [0.15, 0.2) is 0 Å². The molecule has 1 rings (SSSR count). The monoisotopic (exact) mass is 258 g/mol. The fourth-order valence-electron chi connectivity index (χ4n) is 1.07. The molecule has 1 aromatic carbocycles. The molecule has 0 saturated heterocycles. The van der Waals surface area contributed by atoms with E-state index >= 15 is 0 Å². The van der Waals surface area contributed by atoms with Gasteiger partial charge >= 0.3 is 5.97 Å². The third-order valence-electron chi connectivity index (χ3n) is 1.77.